The molecule has 0 aromatic rings. The highest BCUT2D eigenvalue weighted by atomic mass is 32.2. The first-order chi connectivity index (χ1) is 8.08. The van der Waals surface area contributed by atoms with Gasteiger partial charge in [-0.2, -0.15) is 11.8 Å². The Balaban J connectivity index is 2.69. The summed E-state index contributed by atoms with van der Waals surface area (Å²) < 4.78 is 5.53. The molecule has 1 fully saturated rings. The van der Waals surface area contributed by atoms with Crippen LogP contribution in [0.3, 0.4) is 0 Å². The van der Waals surface area contributed by atoms with Gasteiger partial charge in [0.1, 0.15) is 0 Å². The molecule has 0 radical (unpaired) electrons. The van der Waals surface area contributed by atoms with E-state index >= 15 is 0 Å². The molecule has 0 bridgehead atoms. The van der Waals surface area contributed by atoms with E-state index < -0.39 is 0 Å². The third-order valence-corrected chi connectivity index (χ3v) is 5.51. The van der Waals surface area contributed by atoms with Gasteiger partial charge < -0.3 is 10.5 Å². The second kappa shape index (κ2) is 6.98. The van der Waals surface area contributed by atoms with Crippen molar-refractivity contribution in [3.05, 3.63) is 0 Å². The predicted octanol–water partition coefficient (Wildman–Crippen LogP) is 1.96. The normalized spacial score (nSPS) is 28.4. The highest BCUT2D eigenvalue weighted by Crippen LogP contribution is 2.27. The van der Waals surface area contributed by atoms with E-state index in [4.69, 9.17) is 10.5 Å². The van der Waals surface area contributed by atoms with Crippen LogP contribution in [0.4, 0.5) is 0 Å². The molecule has 0 aromatic heterocycles. The minimum Gasteiger partial charge on any atom is -0.380 e. The zero-order valence-corrected chi connectivity index (χ0v) is 12.6. The Morgan fingerprint density at radius 3 is 2.71 bits per heavy atom. The molecule has 0 spiro atoms. The molecule has 4 heteroatoms. The first kappa shape index (κ1) is 15.3. The molecule has 1 saturated heterocycles. The number of thioether (sulfide) groups is 1. The van der Waals surface area contributed by atoms with Crippen molar-refractivity contribution in [3.8, 4) is 0 Å². The summed E-state index contributed by atoms with van der Waals surface area (Å²) in [5.41, 5.74) is 5.98. The molecule has 1 aliphatic heterocycles. The van der Waals surface area contributed by atoms with Crippen LogP contribution in [0, 0.1) is 0 Å². The fraction of sp³-hybridized carbons (Fsp3) is 1.00. The molecule has 17 heavy (non-hydrogen) atoms. The number of likely N-dealkylation sites (tertiary alicyclic amines) is 1. The summed E-state index contributed by atoms with van der Waals surface area (Å²) >= 11 is 2.00. The molecule has 0 aromatic carbocycles. The van der Waals surface area contributed by atoms with Crippen LogP contribution in [0.2, 0.25) is 0 Å². The van der Waals surface area contributed by atoms with Crippen LogP contribution in [0.1, 0.15) is 33.1 Å². The Morgan fingerprint density at radius 2 is 2.18 bits per heavy atom. The summed E-state index contributed by atoms with van der Waals surface area (Å²) in [5.74, 6) is 0. The van der Waals surface area contributed by atoms with Crippen LogP contribution >= 0.6 is 11.8 Å². The lowest BCUT2D eigenvalue weighted by Crippen LogP contribution is -2.59. The maximum absolute atomic E-state index is 6.01. The Hall–Kier alpha value is 0.230. The van der Waals surface area contributed by atoms with Crippen LogP contribution < -0.4 is 5.73 Å². The highest BCUT2D eigenvalue weighted by Gasteiger charge is 2.37. The lowest BCUT2D eigenvalue weighted by molar-refractivity contribution is -0.0297. The predicted molar refractivity (Wildman–Crippen MR) is 76.7 cm³/mol. The molecule has 3 atom stereocenters. The average molecular weight is 260 g/mol. The molecule has 3 nitrogen and oxygen atoms in total. The van der Waals surface area contributed by atoms with Crippen LogP contribution in [0.15, 0.2) is 0 Å². The number of rotatable bonds is 5. The molecule has 1 rings (SSSR count). The summed E-state index contributed by atoms with van der Waals surface area (Å²) in [7, 11) is 1.78. The number of methoxy groups -OCH3 is 1. The summed E-state index contributed by atoms with van der Waals surface area (Å²) in [6.07, 6.45) is 6.28. The molecular weight excluding hydrogens is 232 g/mol. The molecule has 3 unspecified atom stereocenters. The van der Waals surface area contributed by atoms with Crippen molar-refractivity contribution in [2.45, 2.75) is 50.0 Å². The largest absolute Gasteiger partial charge is 0.380 e. The highest BCUT2D eigenvalue weighted by molar-refractivity contribution is 7.99. The minimum atomic E-state index is -0.0257. The monoisotopic (exact) mass is 260 g/mol. The molecule has 1 aliphatic rings. The fourth-order valence-electron chi connectivity index (χ4n) is 2.62. The first-order valence-corrected chi connectivity index (χ1v) is 7.88. The molecule has 1 heterocycles. The molecular formula is C13H28N2OS. The Morgan fingerprint density at radius 1 is 1.47 bits per heavy atom. The molecule has 0 saturated carbocycles. The smallest absolute Gasteiger partial charge is 0.0736 e. The third-order valence-electron chi connectivity index (χ3n) is 4.37. The summed E-state index contributed by atoms with van der Waals surface area (Å²) in [6.45, 7) is 7.32. The van der Waals surface area contributed by atoms with Gasteiger partial charge in [0.2, 0.25) is 0 Å². The SMILES string of the molecule is COC(C)C(C)(CN)N1CCCC(SC)CC1. The summed E-state index contributed by atoms with van der Waals surface area (Å²) in [5, 5.41) is 0.819. The van der Waals surface area contributed by atoms with E-state index in [-0.39, 0.29) is 11.6 Å². The van der Waals surface area contributed by atoms with Crippen LogP contribution in [-0.2, 0) is 4.74 Å². The van der Waals surface area contributed by atoms with Crippen LogP contribution in [0.25, 0.3) is 0 Å². The Kier molecular flexibility index (Phi) is 6.27. The fourth-order valence-corrected chi connectivity index (χ4v) is 3.36. The van der Waals surface area contributed by atoms with Gasteiger partial charge in [0.05, 0.1) is 11.6 Å². The van der Waals surface area contributed by atoms with Gasteiger partial charge in [-0.05, 0) is 52.5 Å². The second-order valence-electron chi connectivity index (χ2n) is 5.21. The van der Waals surface area contributed by atoms with Crippen molar-refractivity contribution >= 4 is 11.8 Å². The standard InChI is InChI=1S/C13H28N2OS/c1-11(16-3)13(2,10-14)15-8-5-6-12(17-4)7-9-15/h11-12H,5-10,14H2,1-4H3. The third kappa shape index (κ3) is 3.60. The minimum absolute atomic E-state index is 0.0257. The molecule has 102 valence electrons. The van der Waals surface area contributed by atoms with Gasteiger partial charge in [0.25, 0.3) is 0 Å². The zero-order chi connectivity index (χ0) is 12.9. The molecule has 2 N–H and O–H groups in total. The number of nitrogens with zero attached hydrogens (tertiary/aromatic N) is 1. The lowest BCUT2D eigenvalue weighted by Gasteiger charge is -2.43. The van der Waals surface area contributed by atoms with Crippen molar-refractivity contribution in [2.75, 3.05) is 33.0 Å². The van der Waals surface area contributed by atoms with Gasteiger partial charge in [-0.25, -0.2) is 0 Å². The zero-order valence-electron chi connectivity index (χ0n) is 11.7. The first-order valence-electron chi connectivity index (χ1n) is 6.59. The van der Waals surface area contributed by atoms with E-state index in [1.165, 1.54) is 19.3 Å². The van der Waals surface area contributed by atoms with Crippen molar-refractivity contribution in [3.63, 3.8) is 0 Å². The number of nitrogens with two attached hydrogens (primary N) is 1. The van der Waals surface area contributed by atoms with E-state index in [0.717, 1.165) is 18.3 Å². The Labute approximate surface area is 110 Å². The van der Waals surface area contributed by atoms with Crippen molar-refractivity contribution < 1.29 is 4.74 Å². The molecule has 0 amide bonds. The van der Waals surface area contributed by atoms with E-state index in [1.54, 1.807) is 7.11 Å². The van der Waals surface area contributed by atoms with Crippen molar-refractivity contribution in [1.82, 2.24) is 4.90 Å². The lowest BCUT2D eigenvalue weighted by atomic mass is 9.93. The van der Waals surface area contributed by atoms with Gasteiger partial charge in [-0.3, -0.25) is 4.90 Å². The second-order valence-corrected chi connectivity index (χ2v) is 6.35. The van der Waals surface area contributed by atoms with Gasteiger partial charge in [-0.15, -0.1) is 0 Å². The topological polar surface area (TPSA) is 38.5 Å². The Bertz CT molecular complexity index is 227. The average Bonchev–Trinajstić information content (AvgIpc) is 2.62. The summed E-state index contributed by atoms with van der Waals surface area (Å²) in [6, 6.07) is 0. The maximum atomic E-state index is 6.01. The van der Waals surface area contributed by atoms with E-state index in [1.807, 2.05) is 11.8 Å². The molecule has 0 aliphatic carbocycles. The van der Waals surface area contributed by atoms with Gasteiger partial charge in [0, 0.05) is 18.9 Å². The number of hydrogen-bond acceptors (Lipinski definition) is 4. The van der Waals surface area contributed by atoms with Crippen LogP contribution in [-0.4, -0.2) is 54.8 Å². The van der Waals surface area contributed by atoms with Crippen LogP contribution in [0.5, 0.6) is 0 Å². The number of ether oxygens (including phenoxy) is 1. The van der Waals surface area contributed by atoms with E-state index in [2.05, 4.69) is 25.0 Å². The van der Waals surface area contributed by atoms with E-state index in [0.29, 0.717) is 6.54 Å². The van der Waals surface area contributed by atoms with Crippen molar-refractivity contribution in [1.29, 1.82) is 0 Å². The van der Waals surface area contributed by atoms with Gasteiger partial charge in [-0.1, -0.05) is 0 Å². The van der Waals surface area contributed by atoms with Gasteiger partial charge in [0.15, 0.2) is 0 Å². The maximum Gasteiger partial charge on any atom is 0.0736 e. The summed E-state index contributed by atoms with van der Waals surface area (Å²) in [4.78, 5) is 2.54. The quantitative estimate of drug-likeness (QED) is 0.820. The van der Waals surface area contributed by atoms with Gasteiger partial charge >= 0.3 is 0 Å². The van der Waals surface area contributed by atoms with Crippen molar-refractivity contribution in [2.24, 2.45) is 5.73 Å². The number of hydrogen-bond donors (Lipinski definition) is 1. The van der Waals surface area contributed by atoms with E-state index in [9.17, 15) is 0 Å².